The van der Waals surface area contributed by atoms with E-state index in [1.165, 1.54) is 0 Å². The molecule has 3 nitrogen and oxygen atoms in total. The summed E-state index contributed by atoms with van der Waals surface area (Å²) in [4.78, 5) is 16.0. The van der Waals surface area contributed by atoms with Crippen LogP contribution in [0.2, 0.25) is 5.02 Å². The van der Waals surface area contributed by atoms with Gasteiger partial charge in [0.05, 0.1) is 7.11 Å². The van der Waals surface area contributed by atoms with Crippen molar-refractivity contribution in [1.29, 1.82) is 0 Å². The minimum atomic E-state index is 0.0120. The number of aromatic nitrogens is 1. The molecule has 0 bridgehead atoms. The van der Waals surface area contributed by atoms with Gasteiger partial charge in [-0.25, -0.2) is 0 Å². The molecule has 2 rings (SSSR count). The molecule has 0 saturated heterocycles. The van der Waals surface area contributed by atoms with Crippen molar-refractivity contribution >= 4 is 17.4 Å². The molecule has 0 aliphatic heterocycles. The first-order valence-electron chi connectivity index (χ1n) is 5.46. The molecule has 0 N–H and O–H groups in total. The molecule has 1 heterocycles. The number of halogens is 1. The molecule has 2 aromatic rings. The first-order chi connectivity index (χ1) is 8.70. The highest BCUT2D eigenvalue weighted by Gasteiger charge is 2.11. The summed E-state index contributed by atoms with van der Waals surface area (Å²) in [5.74, 6) is 0.680. The summed E-state index contributed by atoms with van der Waals surface area (Å²) in [6.07, 6.45) is 3.46. The molecule has 1 aromatic heterocycles. The number of carbonyl (C=O) groups is 1. The van der Waals surface area contributed by atoms with E-state index in [-0.39, 0.29) is 12.2 Å². The molecule has 18 heavy (non-hydrogen) atoms. The van der Waals surface area contributed by atoms with E-state index in [0.29, 0.717) is 16.3 Å². The van der Waals surface area contributed by atoms with Crippen LogP contribution < -0.4 is 4.74 Å². The lowest BCUT2D eigenvalue weighted by atomic mass is 10.0. The molecule has 0 unspecified atom stereocenters. The van der Waals surface area contributed by atoms with Gasteiger partial charge in [-0.15, -0.1) is 0 Å². The van der Waals surface area contributed by atoms with Gasteiger partial charge >= 0.3 is 0 Å². The van der Waals surface area contributed by atoms with E-state index in [1.807, 2.05) is 0 Å². The first kappa shape index (κ1) is 12.6. The third kappa shape index (κ3) is 2.87. The number of pyridine rings is 1. The second-order valence-electron chi connectivity index (χ2n) is 3.79. The van der Waals surface area contributed by atoms with Crippen molar-refractivity contribution in [2.24, 2.45) is 0 Å². The SMILES string of the molecule is COc1ccc(Cl)cc1CC(=O)c1ccncc1. The van der Waals surface area contributed by atoms with Crippen LogP contribution in [0.4, 0.5) is 0 Å². The average Bonchev–Trinajstić information content (AvgIpc) is 2.40. The van der Waals surface area contributed by atoms with E-state index in [1.54, 1.807) is 49.8 Å². The largest absolute Gasteiger partial charge is 0.496 e. The zero-order valence-electron chi connectivity index (χ0n) is 9.89. The molecule has 0 aliphatic carbocycles. The Morgan fingerprint density at radius 2 is 2.00 bits per heavy atom. The number of hydrogen-bond acceptors (Lipinski definition) is 3. The quantitative estimate of drug-likeness (QED) is 0.794. The molecule has 0 amide bonds. The highest BCUT2D eigenvalue weighted by molar-refractivity contribution is 6.30. The molecule has 0 saturated carbocycles. The second-order valence-corrected chi connectivity index (χ2v) is 4.23. The second kappa shape index (κ2) is 5.65. The van der Waals surface area contributed by atoms with Gasteiger partial charge in [0.2, 0.25) is 0 Å². The third-order valence-corrected chi connectivity index (χ3v) is 2.83. The minimum Gasteiger partial charge on any atom is -0.496 e. The lowest BCUT2D eigenvalue weighted by Gasteiger charge is -2.08. The molecule has 0 fully saturated rings. The van der Waals surface area contributed by atoms with E-state index in [4.69, 9.17) is 16.3 Å². The molecular weight excluding hydrogens is 250 g/mol. The Bertz CT molecular complexity index is 555. The van der Waals surface area contributed by atoms with Crippen molar-refractivity contribution < 1.29 is 9.53 Å². The van der Waals surface area contributed by atoms with Crippen molar-refractivity contribution in [3.05, 3.63) is 58.9 Å². The topological polar surface area (TPSA) is 39.2 Å². The monoisotopic (exact) mass is 261 g/mol. The van der Waals surface area contributed by atoms with Gasteiger partial charge in [-0.3, -0.25) is 9.78 Å². The summed E-state index contributed by atoms with van der Waals surface area (Å²) in [5, 5.41) is 0.591. The number of ether oxygens (including phenoxy) is 1. The molecule has 92 valence electrons. The van der Waals surface area contributed by atoms with Crippen molar-refractivity contribution in [3.8, 4) is 5.75 Å². The summed E-state index contributed by atoms with van der Waals surface area (Å²) < 4.78 is 5.21. The fourth-order valence-electron chi connectivity index (χ4n) is 1.70. The van der Waals surface area contributed by atoms with Gasteiger partial charge in [-0.1, -0.05) is 11.6 Å². The van der Waals surface area contributed by atoms with Gasteiger partial charge < -0.3 is 4.74 Å². The van der Waals surface area contributed by atoms with Crippen molar-refractivity contribution in [1.82, 2.24) is 4.98 Å². The van der Waals surface area contributed by atoms with Gasteiger partial charge in [-0.05, 0) is 30.3 Å². The number of nitrogens with zero attached hydrogens (tertiary/aromatic N) is 1. The maximum absolute atomic E-state index is 12.1. The number of benzene rings is 1. The lowest BCUT2D eigenvalue weighted by Crippen LogP contribution is -2.05. The van der Waals surface area contributed by atoms with Crippen molar-refractivity contribution in [2.75, 3.05) is 7.11 Å². The zero-order chi connectivity index (χ0) is 13.0. The fraction of sp³-hybridized carbons (Fsp3) is 0.143. The Morgan fingerprint density at radius 3 is 2.67 bits per heavy atom. The fourth-order valence-corrected chi connectivity index (χ4v) is 1.89. The summed E-state index contributed by atoms with van der Waals surface area (Å²) in [6.45, 7) is 0. The van der Waals surface area contributed by atoms with Crippen LogP contribution in [-0.4, -0.2) is 17.9 Å². The number of ketones is 1. The number of carbonyl (C=O) groups excluding carboxylic acids is 1. The smallest absolute Gasteiger partial charge is 0.167 e. The van der Waals surface area contributed by atoms with Crippen molar-refractivity contribution in [3.63, 3.8) is 0 Å². The van der Waals surface area contributed by atoms with Gasteiger partial charge in [0.1, 0.15) is 5.75 Å². The number of rotatable bonds is 4. The van der Waals surface area contributed by atoms with E-state index >= 15 is 0 Å². The molecular formula is C14H12ClNO2. The number of methoxy groups -OCH3 is 1. The predicted molar refractivity (Wildman–Crippen MR) is 70.3 cm³/mol. The molecule has 0 aliphatic rings. The number of Topliss-reactive ketones (excluding diaryl/α,β-unsaturated/α-hetero) is 1. The Morgan fingerprint density at radius 1 is 1.28 bits per heavy atom. The summed E-state index contributed by atoms with van der Waals surface area (Å²) in [6, 6.07) is 8.64. The van der Waals surface area contributed by atoms with E-state index < -0.39 is 0 Å². The predicted octanol–water partition coefficient (Wildman–Crippen LogP) is 3.17. The minimum absolute atomic E-state index is 0.0120. The van der Waals surface area contributed by atoms with Gasteiger partial charge in [-0.2, -0.15) is 0 Å². The molecule has 4 heteroatoms. The van der Waals surface area contributed by atoms with Crippen LogP contribution in [0, 0.1) is 0 Å². The van der Waals surface area contributed by atoms with Crippen LogP contribution in [0.25, 0.3) is 0 Å². The Balaban J connectivity index is 2.24. The van der Waals surface area contributed by atoms with Gasteiger partial charge in [0, 0.05) is 35.0 Å². The van der Waals surface area contributed by atoms with E-state index in [9.17, 15) is 4.79 Å². The number of hydrogen-bond donors (Lipinski definition) is 0. The van der Waals surface area contributed by atoms with Crippen LogP contribution in [0.1, 0.15) is 15.9 Å². The molecule has 0 radical (unpaired) electrons. The first-order valence-corrected chi connectivity index (χ1v) is 5.84. The van der Waals surface area contributed by atoms with Crippen LogP contribution in [0.3, 0.4) is 0 Å². The molecule has 0 spiro atoms. The Kier molecular flexibility index (Phi) is 3.95. The Hall–Kier alpha value is -1.87. The standard InChI is InChI=1S/C14H12ClNO2/c1-18-14-3-2-12(15)8-11(14)9-13(17)10-4-6-16-7-5-10/h2-8H,9H2,1H3. The van der Waals surface area contributed by atoms with Crippen molar-refractivity contribution in [2.45, 2.75) is 6.42 Å². The highest BCUT2D eigenvalue weighted by Crippen LogP contribution is 2.24. The summed E-state index contributed by atoms with van der Waals surface area (Å²) in [7, 11) is 1.57. The van der Waals surface area contributed by atoms with Crippen LogP contribution in [0.5, 0.6) is 5.75 Å². The maximum Gasteiger partial charge on any atom is 0.167 e. The van der Waals surface area contributed by atoms with E-state index in [0.717, 1.165) is 5.56 Å². The summed E-state index contributed by atoms with van der Waals surface area (Å²) in [5.41, 5.74) is 1.42. The van der Waals surface area contributed by atoms with Gasteiger partial charge in [0.25, 0.3) is 0 Å². The van der Waals surface area contributed by atoms with Crippen LogP contribution in [-0.2, 0) is 6.42 Å². The molecule has 1 aromatic carbocycles. The van der Waals surface area contributed by atoms with Crippen LogP contribution in [0.15, 0.2) is 42.7 Å². The van der Waals surface area contributed by atoms with E-state index in [2.05, 4.69) is 4.98 Å². The maximum atomic E-state index is 12.1. The zero-order valence-corrected chi connectivity index (χ0v) is 10.6. The third-order valence-electron chi connectivity index (χ3n) is 2.60. The molecule has 0 atom stereocenters. The normalized spacial score (nSPS) is 10.1. The highest BCUT2D eigenvalue weighted by atomic mass is 35.5. The van der Waals surface area contributed by atoms with Crippen LogP contribution >= 0.6 is 11.6 Å². The Labute approximate surface area is 110 Å². The average molecular weight is 262 g/mol. The summed E-state index contributed by atoms with van der Waals surface area (Å²) >= 11 is 5.93. The van der Waals surface area contributed by atoms with Gasteiger partial charge in [0.15, 0.2) is 5.78 Å². The lowest BCUT2D eigenvalue weighted by molar-refractivity contribution is 0.0992.